The average molecular weight is 247 g/mol. The van der Waals surface area contributed by atoms with E-state index in [4.69, 9.17) is 0 Å². The van der Waals surface area contributed by atoms with Crippen molar-refractivity contribution >= 4 is 17.1 Å². The number of imidazole rings is 1. The third kappa shape index (κ3) is 1.21. The Morgan fingerprint density at radius 1 is 1.28 bits per heavy atom. The van der Waals surface area contributed by atoms with Crippen LogP contribution in [0.4, 0.5) is 5.95 Å². The van der Waals surface area contributed by atoms with Crippen molar-refractivity contribution in [3.63, 3.8) is 0 Å². The summed E-state index contributed by atoms with van der Waals surface area (Å²) in [6, 6.07) is 0. The van der Waals surface area contributed by atoms with E-state index >= 15 is 0 Å². The molecule has 2 aromatic heterocycles. The first kappa shape index (κ1) is 10.8. The molecule has 0 aromatic carbocycles. The SMILES string of the molecule is CC1=CNc2nc3c(c(=O)n(C)c(=O)n3C)n2C1. The van der Waals surface area contributed by atoms with Gasteiger partial charge in [-0.2, -0.15) is 4.98 Å². The molecule has 0 saturated heterocycles. The number of aromatic nitrogens is 4. The highest BCUT2D eigenvalue weighted by atomic mass is 16.2. The number of hydrogen-bond donors (Lipinski definition) is 1. The van der Waals surface area contributed by atoms with Crippen LogP contribution >= 0.6 is 0 Å². The molecule has 0 bridgehead atoms. The first-order valence-electron chi connectivity index (χ1n) is 5.59. The molecule has 0 fully saturated rings. The van der Waals surface area contributed by atoms with Gasteiger partial charge in [0, 0.05) is 26.8 Å². The molecule has 0 aliphatic carbocycles. The summed E-state index contributed by atoms with van der Waals surface area (Å²) in [7, 11) is 3.09. The molecular weight excluding hydrogens is 234 g/mol. The second kappa shape index (κ2) is 3.34. The van der Waals surface area contributed by atoms with Gasteiger partial charge >= 0.3 is 5.69 Å². The van der Waals surface area contributed by atoms with Gasteiger partial charge in [0.25, 0.3) is 5.56 Å². The highest BCUT2D eigenvalue weighted by molar-refractivity contribution is 5.75. The molecule has 7 heteroatoms. The quantitative estimate of drug-likeness (QED) is 0.697. The van der Waals surface area contributed by atoms with Crippen LogP contribution in [0.1, 0.15) is 6.92 Å². The first-order chi connectivity index (χ1) is 8.50. The van der Waals surface area contributed by atoms with Gasteiger partial charge in [0.1, 0.15) is 0 Å². The van der Waals surface area contributed by atoms with Gasteiger partial charge in [-0.15, -0.1) is 0 Å². The third-order valence-electron chi connectivity index (χ3n) is 3.20. The second-order valence-corrected chi connectivity index (χ2v) is 4.53. The molecule has 1 aliphatic heterocycles. The van der Waals surface area contributed by atoms with Gasteiger partial charge in [-0.3, -0.25) is 18.5 Å². The third-order valence-corrected chi connectivity index (χ3v) is 3.20. The van der Waals surface area contributed by atoms with E-state index in [-0.39, 0.29) is 11.2 Å². The summed E-state index contributed by atoms with van der Waals surface area (Å²) in [6.07, 6.45) is 1.85. The maximum atomic E-state index is 12.2. The number of allylic oxidation sites excluding steroid dienone is 1. The molecule has 0 radical (unpaired) electrons. The van der Waals surface area contributed by atoms with Crippen molar-refractivity contribution < 1.29 is 0 Å². The lowest BCUT2D eigenvalue weighted by Gasteiger charge is -2.14. The van der Waals surface area contributed by atoms with Crippen molar-refractivity contribution in [2.24, 2.45) is 14.1 Å². The maximum Gasteiger partial charge on any atom is 0.332 e. The Hall–Kier alpha value is -2.31. The Morgan fingerprint density at radius 2 is 2.00 bits per heavy atom. The Balaban J connectivity index is 2.51. The van der Waals surface area contributed by atoms with E-state index in [1.54, 1.807) is 11.6 Å². The number of aryl methyl sites for hydroxylation is 1. The highest BCUT2D eigenvalue weighted by Crippen LogP contribution is 2.20. The Kier molecular flexibility index (Phi) is 2.01. The molecule has 1 N–H and O–H groups in total. The Labute approximate surface area is 102 Å². The van der Waals surface area contributed by atoms with Crippen molar-refractivity contribution in [2.75, 3.05) is 5.32 Å². The lowest BCUT2D eigenvalue weighted by Crippen LogP contribution is -2.37. The van der Waals surface area contributed by atoms with Crippen LogP contribution in [-0.4, -0.2) is 18.7 Å². The fraction of sp³-hybridized carbons (Fsp3) is 0.364. The minimum absolute atomic E-state index is 0.316. The van der Waals surface area contributed by atoms with Crippen molar-refractivity contribution in [2.45, 2.75) is 13.5 Å². The van der Waals surface area contributed by atoms with Crippen LogP contribution in [0, 0.1) is 0 Å². The molecular formula is C11H13N5O2. The monoisotopic (exact) mass is 247 g/mol. The van der Waals surface area contributed by atoms with E-state index in [2.05, 4.69) is 10.3 Å². The zero-order chi connectivity index (χ0) is 13.0. The molecule has 94 valence electrons. The summed E-state index contributed by atoms with van der Waals surface area (Å²) < 4.78 is 4.29. The predicted molar refractivity (Wildman–Crippen MR) is 67.6 cm³/mol. The molecule has 0 atom stereocenters. The van der Waals surface area contributed by atoms with Crippen LogP contribution in [0.2, 0.25) is 0 Å². The average Bonchev–Trinajstić information content (AvgIpc) is 2.72. The zero-order valence-electron chi connectivity index (χ0n) is 10.4. The Bertz CT molecular complexity index is 805. The number of nitrogens with one attached hydrogen (secondary N) is 1. The lowest BCUT2D eigenvalue weighted by molar-refractivity contribution is 0.701. The number of fused-ring (bicyclic) bond motifs is 3. The minimum Gasteiger partial charge on any atom is -0.332 e. The zero-order valence-corrected chi connectivity index (χ0v) is 10.4. The number of rotatable bonds is 0. The van der Waals surface area contributed by atoms with Crippen molar-refractivity contribution in [1.29, 1.82) is 0 Å². The summed E-state index contributed by atoms with van der Waals surface area (Å²) in [5.41, 5.74) is 1.27. The van der Waals surface area contributed by atoms with Crippen LogP contribution < -0.4 is 16.6 Å². The minimum atomic E-state index is -0.368. The summed E-state index contributed by atoms with van der Waals surface area (Å²) >= 11 is 0. The molecule has 3 heterocycles. The maximum absolute atomic E-state index is 12.2. The molecule has 0 saturated carbocycles. The molecule has 1 aliphatic rings. The van der Waals surface area contributed by atoms with Crippen LogP contribution in [0.5, 0.6) is 0 Å². The largest absolute Gasteiger partial charge is 0.332 e. The normalized spacial score (nSPS) is 14.3. The molecule has 0 amide bonds. The molecule has 7 nitrogen and oxygen atoms in total. The Morgan fingerprint density at radius 3 is 2.72 bits per heavy atom. The summed E-state index contributed by atoms with van der Waals surface area (Å²) in [5, 5.41) is 3.02. The molecule has 18 heavy (non-hydrogen) atoms. The van der Waals surface area contributed by atoms with Gasteiger partial charge in [0.05, 0.1) is 0 Å². The van der Waals surface area contributed by atoms with E-state index in [1.807, 2.05) is 13.1 Å². The van der Waals surface area contributed by atoms with Gasteiger partial charge in [-0.1, -0.05) is 0 Å². The van der Waals surface area contributed by atoms with Gasteiger partial charge in [-0.05, 0) is 12.5 Å². The van der Waals surface area contributed by atoms with E-state index in [0.29, 0.717) is 23.7 Å². The molecule has 0 spiro atoms. The topological polar surface area (TPSA) is 73.8 Å². The standard InChI is InChI=1S/C11H13N5O2/c1-6-4-12-10-13-8-7(16(10)5-6)9(17)15(3)11(18)14(8)2/h4H,5H2,1-3H3,(H,12,13). The number of nitrogens with zero attached hydrogens (tertiary/aromatic N) is 4. The fourth-order valence-electron chi connectivity index (χ4n) is 2.19. The summed E-state index contributed by atoms with van der Waals surface area (Å²) in [6.45, 7) is 2.57. The van der Waals surface area contributed by atoms with E-state index in [9.17, 15) is 9.59 Å². The van der Waals surface area contributed by atoms with Crippen LogP contribution in [0.15, 0.2) is 21.4 Å². The lowest BCUT2D eigenvalue weighted by atomic mass is 10.3. The van der Waals surface area contributed by atoms with Crippen molar-refractivity contribution in [3.8, 4) is 0 Å². The fourth-order valence-corrected chi connectivity index (χ4v) is 2.19. The van der Waals surface area contributed by atoms with Crippen LogP contribution in [0.25, 0.3) is 11.2 Å². The van der Waals surface area contributed by atoms with Gasteiger partial charge in [0.15, 0.2) is 11.2 Å². The second-order valence-electron chi connectivity index (χ2n) is 4.53. The van der Waals surface area contributed by atoms with Gasteiger partial charge < -0.3 is 5.32 Å². The van der Waals surface area contributed by atoms with Crippen LogP contribution in [-0.2, 0) is 20.6 Å². The van der Waals surface area contributed by atoms with Gasteiger partial charge in [0.2, 0.25) is 5.95 Å². The van der Waals surface area contributed by atoms with E-state index in [1.165, 1.54) is 11.6 Å². The van der Waals surface area contributed by atoms with Gasteiger partial charge in [-0.25, -0.2) is 4.79 Å². The van der Waals surface area contributed by atoms with E-state index in [0.717, 1.165) is 10.1 Å². The first-order valence-corrected chi connectivity index (χ1v) is 5.59. The number of anilines is 1. The van der Waals surface area contributed by atoms with Crippen molar-refractivity contribution in [3.05, 3.63) is 32.6 Å². The molecule has 3 rings (SSSR count). The van der Waals surface area contributed by atoms with Crippen LogP contribution in [0.3, 0.4) is 0 Å². The predicted octanol–water partition coefficient (Wildman–Crippen LogP) is -0.237. The molecule has 2 aromatic rings. The number of hydrogen-bond acceptors (Lipinski definition) is 4. The van der Waals surface area contributed by atoms with E-state index < -0.39 is 0 Å². The van der Waals surface area contributed by atoms with Crippen molar-refractivity contribution in [1.82, 2.24) is 18.7 Å². The smallest absolute Gasteiger partial charge is 0.332 e. The summed E-state index contributed by atoms with van der Waals surface area (Å²) in [4.78, 5) is 28.3. The summed E-state index contributed by atoms with van der Waals surface area (Å²) in [5.74, 6) is 0.592. The molecule has 0 unspecified atom stereocenters. The highest BCUT2D eigenvalue weighted by Gasteiger charge is 2.20.